The zero-order valence-electron chi connectivity index (χ0n) is 15.4. The molecule has 148 valence electrons. The number of hydrogen-bond donors (Lipinski definition) is 0. The van der Waals surface area contributed by atoms with Crippen LogP contribution in [0.1, 0.15) is 39.5 Å². The number of carbonyl (C=O) groups excluding carboxylic acids is 3. The van der Waals surface area contributed by atoms with Gasteiger partial charge in [0.25, 0.3) is 5.91 Å². The zero-order chi connectivity index (χ0) is 20.1. The van der Waals surface area contributed by atoms with Gasteiger partial charge in [-0.25, -0.2) is 4.79 Å². The van der Waals surface area contributed by atoms with Gasteiger partial charge in [-0.15, -0.1) is 0 Å². The molecule has 0 aliphatic carbocycles. The van der Waals surface area contributed by atoms with Crippen LogP contribution in [0.2, 0.25) is 5.02 Å². The number of rotatable bonds is 5. The molecule has 2 aromatic rings. The van der Waals surface area contributed by atoms with Crippen molar-refractivity contribution in [2.24, 2.45) is 5.92 Å². The summed E-state index contributed by atoms with van der Waals surface area (Å²) in [4.78, 5) is 37.9. The molecular weight excluding hydrogens is 386 g/mol. The number of ether oxygens (including phenoxy) is 2. The molecule has 0 saturated carbocycles. The van der Waals surface area contributed by atoms with Crippen LogP contribution in [0.5, 0.6) is 0 Å². The zero-order valence-corrected chi connectivity index (χ0v) is 16.1. The largest absolute Gasteiger partial charge is 0.463 e. The van der Waals surface area contributed by atoms with Gasteiger partial charge in [-0.05, 0) is 49.2 Å². The molecule has 1 saturated heterocycles. The fourth-order valence-corrected chi connectivity index (χ4v) is 3.15. The number of piperidine rings is 1. The Labute approximate surface area is 167 Å². The molecule has 1 fully saturated rings. The molecule has 1 aromatic carbocycles. The van der Waals surface area contributed by atoms with Gasteiger partial charge in [0.2, 0.25) is 5.76 Å². The highest BCUT2D eigenvalue weighted by atomic mass is 35.5. The van der Waals surface area contributed by atoms with Crippen molar-refractivity contribution in [3.05, 3.63) is 58.5 Å². The highest BCUT2D eigenvalue weighted by Gasteiger charge is 2.29. The molecule has 0 N–H and O–H groups in total. The van der Waals surface area contributed by atoms with Crippen molar-refractivity contribution in [3.8, 4) is 0 Å². The van der Waals surface area contributed by atoms with Gasteiger partial charge in [0.05, 0.1) is 13.0 Å². The van der Waals surface area contributed by atoms with Crippen molar-refractivity contribution in [3.63, 3.8) is 0 Å². The number of benzene rings is 1. The Bertz CT molecular complexity index is 852. The minimum absolute atomic E-state index is 0.0558. The van der Waals surface area contributed by atoms with Gasteiger partial charge < -0.3 is 18.8 Å². The summed E-state index contributed by atoms with van der Waals surface area (Å²) in [7, 11) is 1.26. The second-order valence-electron chi connectivity index (χ2n) is 6.44. The van der Waals surface area contributed by atoms with E-state index in [4.69, 9.17) is 20.8 Å². The number of amides is 1. The van der Waals surface area contributed by atoms with Crippen molar-refractivity contribution in [2.75, 3.05) is 20.2 Å². The molecule has 8 heteroatoms. The second-order valence-corrected chi connectivity index (χ2v) is 6.88. The predicted molar refractivity (Wildman–Crippen MR) is 99.9 cm³/mol. The Morgan fingerprint density at radius 3 is 2.43 bits per heavy atom. The molecular formula is C20H20ClNO6. The number of carbonyl (C=O) groups is 3. The van der Waals surface area contributed by atoms with Crippen LogP contribution in [0.25, 0.3) is 0 Å². The van der Waals surface area contributed by atoms with Crippen molar-refractivity contribution in [1.82, 2.24) is 4.90 Å². The van der Waals surface area contributed by atoms with Gasteiger partial charge in [0.1, 0.15) is 12.4 Å². The third-order valence-corrected chi connectivity index (χ3v) is 4.86. The molecule has 28 heavy (non-hydrogen) atoms. The van der Waals surface area contributed by atoms with Gasteiger partial charge in [-0.1, -0.05) is 11.6 Å². The number of nitrogens with zero attached hydrogens (tertiary/aromatic N) is 1. The molecule has 0 spiro atoms. The Morgan fingerprint density at radius 1 is 1.11 bits per heavy atom. The molecule has 7 nitrogen and oxygen atoms in total. The predicted octanol–water partition coefficient (Wildman–Crippen LogP) is 3.32. The Hall–Kier alpha value is -2.80. The van der Waals surface area contributed by atoms with E-state index in [-0.39, 0.29) is 30.2 Å². The third-order valence-electron chi connectivity index (χ3n) is 4.61. The lowest BCUT2D eigenvalue weighted by Crippen LogP contribution is -2.40. The summed E-state index contributed by atoms with van der Waals surface area (Å²) < 4.78 is 15.1. The van der Waals surface area contributed by atoms with E-state index in [1.54, 1.807) is 35.2 Å². The number of methoxy groups -OCH3 is 1. The van der Waals surface area contributed by atoms with Crippen LogP contribution >= 0.6 is 11.6 Å². The molecule has 0 radical (unpaired) electrons. The van der Waals surface area contributed by atoms with Crippen LogP contribution in [0.4, 0.5) is 0 Å². The van der Waals surface area contributed by atoms with E-state index in [1.165, 1.54) is 13.2 Å². The Kier molecular flexibility index (Phi) is 6.36. The summed E-state index contributed by atoms with van der Waals surface area (Å²) in [5.74, 6) is -0.852. The van der Waals surface area contributed by atoms with Gasteiger partial charge in [-0.3, -0.25) is 9.59 Å². The summed E-state index contributed by atoms with van der Waals surface area (Å²) in [6, 6.07) is 9.77. The number of halogens is 1. The monoisotopic (exact) mass is 405 g/mol. The number of hydrogen-bond acceptors (Lipinski definition) is 6. The van der Waals surface area contributed by atoms with Crippen LogP contribution < -0.4 is 0 Å². The average molecular weight is 406 g/mol. The first-order chi connectivity index (χ1) is 13.5. The molecule has 0 unspecified atom stereocenters. The minimum Gasteiger partial charge on any atom is -0.463 e. The first-order valence-corrected chi connectivity index (χ1v) is 9.24. The van der Waals surface area contributed by atoms with Crippen molar-refractivity contribution >= 4 is 29.4 Å². The third kappa shape index (κ3) is 4.72. The molecule has 3 rings (SSSR count). The SMILES string of the molecule is COC(=O)c1ccc(COC(=O)C2CCN(C(=O)c3ccc(Cl)cc3)CC2)o1. The Morgan fingerprint density at radius 2 is 1.79 bits per heavy atom. The first-order valence-electron chi connectivity index (χ1n) is 8.86. The number of likely N-dealkylation sites (tertiary alicyclic amines) is 1. The lowest BCUT2D eigenvalue weighted by Gasteiger charge is -2.31. The fourth-order valence-electron chi connectivity index (χ4n) is 3.02. The molecule has 1 aromatic heterocycles. The van der Waals surface area contributed by atoms with Crippen LogP contribution in [0, 0.1) is 5.92 Å². The maximum absolute atomic E-state index is 12.5. The first kappa shape index (κ1) is 19.9. The maximum atomic E-state index is 12.5. The van der Waals surface area contributed by atoms with Gasteiger partial charge in [-0.2, -0.15) is 0 Å². The van der Waals surface area contributed by atoms with E-state index in [0.717, 1.165) is 0 Å². The van der Waals surface area contributed by atoms with E-state index < -0.39 is 5.97 Å². The van der Waals surface area contributed by atoms with Crippen LogP contribution in [0.15, 0.2) is 40.8 Å². The number of furan rings is 1. The molecule has 2 heterocycles. The van der Waals surface area contributed by atoms with E-state index in [1.807, 2.05) is 0 Å². The summed E-state index contributed by atoms with van der Waals surface area (Å²) in [5, 5.41) is 0.577. The van der Waals surface area contributed by atoms with Crippen LogP contribution in [-0.2, 0) is 20.9 Å². The lowest BCUT2D eigenvalue weighted by molar-refractivity contribution is -0.151. The average Bonchev–Trinajstić information content (AvgIpc) is 3.20. The second kappa shape index (κ2) is 8.93. The maximum Gasteiger partial charge on any atom is 0.373 e. The van der Waals surface area contributed by atoms with E-state index >= 15 is 0 Å². The topological polar surface area (TPSA) is 86.0 Å². The van der Waals surface area contributed by atoms with Crippen LogP contribution in [0.3, 0.4) is 0 Å². The molecule has 1 aliphatic rings. The standard InChI is InChI=1S/C20H20ClNO6/c1-26-20(25)17-7-6-16(28-17)12-27-19(24)14-8-10-22(11-9-14)18(23)13-2-4-15(21)5-3-13/h2-7,14H,8-12H2,1H3. The van der Waals surface area contributed by atoms with Crippen molar-refractivity contribution in [2.45, 2.75) is 19.4 Å². The van der Waals surface area contributed by atoms with E-state index in [9.17, 15) is 14.4 Å². The quantitative estimate of drug-likeness (QED) is 0.709. The highest BCUT2D eigenvalue weighted by molar-refractivity contribution is 6.30. The van der Waals surface area contributed by atoms with Gasteiger partial charge in [0, 0.05) is 23.7 Å². The normalized spacial score (nSPS) is 14.6. The molecule has 0 bridgehead atoms. The summed E-state index contributed by atoms with van der Waals surface area (Å²) >= 11 is 5.85. The van der Waals surface area contributed by atoms with Gasteiger partial charge >= 0.3 is 11.9 Å². The van der Waals surface area contributed by atoms with Crippen LogP contribution in [-0.4, -0.2) is 42.9 Å². The van der Waals surface area contributed by atoms with Crippen molar-refractivity contribution < 1.29 is 28.3 Å². The fraction of sp³-hybridized carbons (Fsp3) is 0.350. The van der Waals surface area contributed by atoms with E-state index in [0.29, 0.717) is 42.3 Å². The number of esters is 2. The van der Waals surface area contributed by atoms with Crippen molar-refractivity contribution in [1.29, 1.82) is 0 Å². The molecule has 0 atom stereocenters. The minimum atomic E-state index is -0.588. The summed E-state index contributed by atoms with van der Waals surface area (Å²) in [6.07, 6.45) is 1.06. The molecule has 1 aliphatic heterocycles. The lowest BCUT2D eigenvalue weighted by atomic mass is 9.96. The van der Waals surface area contributed by atoms with E-state index in [2.05, 4.69) is 4.74 Å². The highest BCUT2D eigenvalue weighted by Crippen LogP contribution is 2.22. The molecule has 1 amide bonds. The summed E-state index contributed by atoms with van der Waals surface area (Å²) in [6.45, 7) is 0.905. The van der Waals surface area contributed by atoms with Gasteiger partial charge in [0.15, 0.2) is 0 Å². The summed E-state index contributed by atoms with van der Waals surface area (Å²) in [5.41, 5.74) is 0.574. The smallest absolute Gasteiger partial charge is 0.373 e. The Balaban J connectivity index is 1.47.